The highest BCUT2D eigenvalue weighted by atomic mass is 16.7. The molecule has 1 aromatic heterocycles. The van der Waals surface area contributed by atoms with Crippen molar-refractivity contribution in [2.45, 2.75) is 78.7 Å². The average molecular weight is 332 g/mol. The van der Waals surface area contributed by atoms with E-state index in [9.17, 15) is 4.79 Å². The molecule has 0 spiro atoms. The fourth-order valence-electron chi connectivity index (χ4n) is 2.96. The minimum absolute atomic E-state index is 0.0437. The first kappa shape index (κ1) is 18.9. The van der Waals surface area contributed by atoms with Crippen LogP contribution in [0, 0.1) is 0 Å². The molecule has 2 heterocycles. The average Bonchev–Trinajstić information content (AvgIpc) is 2.66. The quantitative estimate of drug-likeness (QED) is 0.796. The molecular formula is C18H29BN2O3. The fraction of sp³-hybridized carbons (Fsp3) is 0.667. The van der Waals surface area contributed by atoms with E-state index in [1.807, 2.05) is 66.4 Å². The summed E-state index contributed by atoms with van der Waals surface area (Å²) in [6.45, 7) is 16.1. The van der Waals surface area contributed by atoms with Crippen LogP contribution in [0.25, 0.3) is 0 Å². The van der Waals surface area contributed by atoms with Crippen molar-refractivity contribution in [3.05, 3.63) is 24.0 Å². The van der Waals surface area contributed by atoms with Crippen LogP contribution in [0.4, 0.5) is 0 Å². The third-order valence-corrected chi connectivity index (χ3v) is 4.94. The van der Waals surface area contributed by atoms with Crippen molar-refractivity contribution < 1.29 is 14.1 Å². The highest BCUT2D eigenvalue weighted by Gasteiger charge is 2.52. The number of amides is 1. The second kappa shape index (κ2) is 6.49. The Kier molecular flexibility index (Phi) is 5.12. The van der Waals surface area contributed by atoms with Crippen LogP contribution in [0.1, 0.15) is 65.7 Å². The molecule has 0 N–H and O–H groups in total. The van der Waals surface area contributed by atoms with Crippen LogP contribution in [-0.4, -0.2) is 46.2 Å². The van der Waals surface area contributed by atoms with Crippen LogP contribution in [0.5, 0.6) is 0 Å². The van der Waals surface area contributed by atoms with Gasteiger partial charge in [-0.15, -0.1) is 0 Å². The molecule has 0 aliphatic carbocycles. The van der Waals surface area contributed by atoms with Gasteiger partial charge in [-0.1, -0.05) is 0 Å². The van der Waals surface area contributed by atoms with Crippen LogP contribution in [0.3, 0.4) is 0 Å². The number of hydrogen-bond acceptors (Lipinski definition) is 4. The van der Waals surface area contributed by atoms with Crippen molar-refractivity contribution in [1.29, 1.82) is 0 Å². The van der Waals surface area contributed by atoms with E-state index in [0.717, 1.165) is 5.46 Å². The molecule has 1 amide bonds. The van der Waals surface area contributed by atoms with E-state index >= 15 is 0 Å². The highest BCUT2D eigenvalue weighted by molar-refractivity contribution is 6.63. The number of hydrogen-bond donors (Lipinski definition) is 0. The molecule has 1 aliphatic heterocycles. The minimum Gasteiger partial charge on any atom is -0.399 e. The van der Waals surface area contributed by atoms with Gasteiger partial charge in [0.1, 0.15) is 0 Å². The Morgan fingerprint density at radius 3 is 2.04 bits per heavy atom. The number of pyridine rings is 1. The van der Waals surface area contributed by atoms with Crippen molar-refractivity contribution in [1.82, 2.24) is 9.88 Å². The molecule has 1 aromatic rings. The minimum atomic E-state index is -0.571. The van der Waals surface area contributed by atoms with Gasteiger partial charge in [0.25, 0.3) is 5.91 Å². The maximum atomic E-state index is 13.1. The van der Waals surface area contributed by atoms with E-state index in [1.54, 1.807) is 12.4 Å². The topological polar surface area (TPSA) is 51.7 Å². The summed E-state index contributed by atoms with van der Waals surface area (Å²) in [5.74, 6) is -0.0437. The third kappa shape index (κ3) is 3.35. The van der Waals surface area contributed by atoms with Gasteiger partial charge in [-0.25, -0.2) is 0 Å². The van der Waals surface area contributed by atoms with Gasteiger partial charge in [-0.2, -0.15) is 0 Å². The molecule has 0 unspecified atom stereocenters. The van der Waals surface area contributed by atoms with E-state index in [2.05, 4.69) is 4.98 Å². The number of rotatable bonds is 4. The Labute approximate surface area is 145 Å². The zero-order valence-corrected chi connectivity index (χ0v) is 16.1. The molecule has 1 saturated heterocycles. The lowest BCUT2D eigenvalue weighted by molar-refractivity contribution is 0.00578. The summed E-state index contributed by atoms with van der Waals surface area (Å²) < 4.78 is 12.2. The van der Waals surface area contributed by atoms with Crippen molar-refractivity contribution in [3.63, 3.8) is 0 Å². The third-order valence-electron chi connectivity index (χ3n) is 4.94. The van der Waals surface area contributed by atoms with Crippen molar-refractivity contribution >= 4 is 18.5 Å². The van der Waals surface area contributed by atoms with Crippen LogP contribution in [0.2, 0.25) is 0 Å². The van der Waals surface area contributed by atoms with Crippen LogP contribution in [-0.2, 0) is 9.31 Å². The lowest BCUT2D eigenvalue weighted by Crippen LogP contribution is -2.46. The number of aromatic nitrogens is 1. The lowest BCUT2D eigenvalue weighted by atomic mass is 9.76. The first-order valence-corrected chi connectivity index (χ1v) is 8.60. The molecule has 0 saturated carbocycles. The molecule has 1 aliphatic rings. The van der Waals surface area contributed by atoms with Crippen LogP contribution < -0.4 is 5.46 Å². The van der Waals surface area contributed by atoms with Crippen molar-refractivity contribution in [2.24, 2.45) is 0 Å². The molecule has 2 rings (SSSR count). The zero-order valence-electron chi connectivity index (χ0n) is 16.1. The van der Waals surface area contributed by atoms with Crippen molar-refractivity contribution in [2.75, 3.05) is 0 Å². The molecule has 1 fully saturated rings. The zero-order chi connectivity index (χ0) is 18.3. The van der Waals surface area contributed by atoms with Gasteiger partial charge in [0, 0.05) is 24.5 Å². The SMILES string of the molecule is CC(C)N(C(=O)c1cnccc1B1OC(C)(C)C(C)(C)O1)C(C)C. The molecule has 6 heteroatoms. The van der Waals surface area contributed by atoms with Gasteiger partial charge < -0.3 is 14.2 Å². The monoisotopic (exact) mass is 332 g/mol. The Morgan fingerprint density at radius 1 is 1.08 bits per heavy atom. The number of carbonyl (C=O) groups is 1. The molecule has 24 heavy (non-hydrogen) atoms. The normalized spacial score (nSPS) is 19.2. The summed E-state index contributed by atoms with van der Waals surface area (Å²) in [6.07, 6.45) is 3.28. The first-order valence-electron chi connectivity index (χ1n) is 8.60. The Bertz CT molecular complexity index is 590. The summed E-state index contributed by atoms with van der Waals surface area (Å²) in [4.78, 5) is 19.1. The standard InChI is InChI=1S/C18H29BN2O3/c1-12(2)21(13(3)4)16(22)14-11-20-10-9-15(14)19-23-17(5,6)18(7,8)24-19/h9-13H,1-8H3. The predicted octanol–water partition coefficient (Wildman–Crippen LogP) is 2.64. The Morgan fingerprint density at radius 2 is 1.58 bits per heavy atom. The largest absolute Gasteiger partial charge is 0.495 e. The molecule has 0 aromatic carbocycles. The second-order valence-electron chi connectivity index (χ2n) is 7.95. The molecular weight excluding hydrogens is 303 g/mol. The smallest absolute Gasteiger partial charge is 0.399 e. The van der Waals surface area contributed by atoms with Gasteiger partial charge in [0.05, 0.1) is 16.8 Å². The summed E-state index contributed by atoms with van der Waals surface area (Å²) in [7, 11) is -0.571. The lowest BCUT2D eigenvalue weighted by Gasteiger charge is -2.32. The highest BCUT2D eigenvalue weighted by Crippen LogP contribution is 2.36. The van der Waals surface area contributed by atoms with E-state index in [1.165, 1.54) is 0 Å². The van der Waals surface area contributed by atoms with E-state index < -0.39 is 18.3 Å². The predicted molar refractivity (Wildman–Crippen MR) is 96.4 cm³/mol. The van der Waals surface area contributed by atoms with E-state index in [-0.39, 0.29) is 18.0 Å². The summed E-state index contributed by atoms with van der Waals surface area (Å²) in [6, 6.07) is 2.02. The summed E-state index contributed by atoms with van der Waals surface area (Å²) in [5, 5.41) is 0. The fourth-order valence-corrected chi connectivity index (χ4v) is 2.96. The van der Waals surface area contributed by atoms with Crippen LogP contribution >= 0.6 is 0 Å². The Hall–Kier alpha value is -1.40. The molecule has 0 bridgehead atoms. The number of carbonyl (C=O) groups excluding carboxylic acids is 1. The van der Waals surface area contributed by atoms with Gasteiger partial charge >= 0.3 is 7.12 Å². The first-order chi connectivity index (χ1) is 11.0. The second-order valence-corrected chi connectivity index (χ2v) is 7.95. The molecule has 0 radical (unpaired) electrons. The number of nitrogens with zero attached hydrogens (tertiary/aromatic N) is 2. The maximum Gasteiger partial charge on any atom is 0.495 e. The van der Waals surface area contributed by atoms with E-state index in [0.29, 0.717) is 5.56 Å². The Balaban J connectivity index is 2.41. The molecule has 5 nitrogen and oxygen atoms in total. The maximum absolute atomic E-state index is 13.1. The molecule has 132 valence electrons. The van der Waals surface area contributed by atoms with E-state index in [4.69, 9.17) is 9.31 Å². The summed E-state index contributed by atoms with van der Waals surface area (Å²) >= 11 is 0. The van der Waals surface area contributed by atoms with Crippen LogP contribution in [0.15, 0.2) is 18.5 Å². The van der Waals surface area contributed by atoms with Crippen molar-refractivity contribution in [3.8, 4) is 0 Å². The summed E-state index contributed by atoms with van der Waals surface area (Å²) in [5.41, 5.74) is 0.381. The van der Waals surface area contributed by atoms with Gasteiger partial charge in [0.15, 0.2) is 0 Å². The van der Waals surface area contributed by atoms with Gasteiger partial charge in [-0.3, -0.25) is 9.78 Å². The van der Waals surface area contributed by atoms with Gasteiger partial charge in [0.2, 0.25) is 0 Å². The molecule has 0 atom stereocenters. The van der Waals surface area contributed by atoms with Gasteiger partial charge in [-0.05, 0) is 66.9 Å².